The predicted octanol–water partition coefficient (Wildman–Crippen LogP) is 1.29. The Hall–Kier alpha value is -1.04. The number of rotatable bonds is 3. The molecule has 4 atom stereocenters. The van der Waals surface area contributed by atoms with Crippen molar-refractivity contribution in [1.82, 2.24) is 10.4 Å². The van der Waals surface area contributed by atoms with Crippen LogP contribution in [0.25, 0.3) is 0 Å². The first-order valence-electron chi connectivity index (χ1n) is 6.00. The van der Waals surface area contributed by atoms with Gasteiger partial charge in [0.1, 0.15) is 5.82 Å². The number of nitrogens with one attached hydrogen (secondary N) is 1. The Morgan fingerprint density at radius 1 is 1.47 bits per heavy atom. The number of fused-ring (bicyclic) bond motifs is 2. The third kappa shape index (κ3) is 1.94. The Bertz CT molecular complexity index is 414. The maximum absolute atomic E-state index is 13.2. The van der Waals surface area contributed by atoms with Crippen LogP contribution in [0.5, 0.6) is 0 Å². The molecule has 0 radical (unpaired) electrons. The van der Waals surface area contributed by atoms with E-state index >= 15 is 0 Å². The molecule has 3 heterocycles. The molecule has 2 aliphatic heterocycles. The van der Waals surface area contributed by atoms with Gasteiger partial charge in [0.15, 0.2) is 0 Å². The topological polar surface area (TPSA) is 60.2 Å². The highest BCUT2D eigenvalue weighted by molar-refractivity contribution is 5.17. The van der Waals surface area contributed by atoms with Crippen molar-refractivity contribution in [2.75, 3.05) is 0 Å². The van der Waals surface area contributed by atoms with Crippen LogP contribution in [-0.4, -0.2) is 17.2 Å². The molecule has 4 nitrogen and oxygen atoms in total. The number of aromatic nitrogens is 1. The van der Waals surface area contributed by atoms with Gasteiger partial charge in [-0.3, -0.25) is 16.3 Å². The largest absolute Gasteiger partial charge is 0.375 e. The lowest BCUT2D eigenvalue weighted by atomic mass is 9.81. The maximum Gasteiger partial charge on any atom is 0.141 e. The van der Waals surface area contributed by atoms with Gasteiger partial charge >= 0.3 is 0 Å². The van der Waals surface area contributed by atoms with Crippen molar-refractivity contribution in [3.63, 3.8) is 0 Å². The average molecular weight is 237 g/mol. The fourth-order valence-corrected chi connectivity index (χ4v) is 3.09. The van der Waals surface area contributed by atoms with E-state index in [0.29, 0.717) is 12.0 Å². The summed E-state index contributed by atoms with van der Waals surface area (Å²) in [6.45, 7) is 0. The lowest BCUT2D eigenvalue weighted by molar-refractivity contribution is 0.0856. The summed E-state index contributed by atoms with van der Waals surface area (Å²) in [5.41, 5.74) is 3.59. The number of hydrogen-bond donors (Lipinski definition) is 2. The molecule has 3 rings (SSSR count). The van der Waals surface area contributed by atoms with E-state index in [1.165, 1.54) is 12.3 Å². The summed E-state index contributed by atoms with van der Waals surface area (Å²) in [6, 6.07) is 1.41. The van der Waals surface area contributed by atoms with Crippen LogP contribution in [0.4, 0.5) is 4.39 Å². The second-order valence-corrected chi connectivity index (χ2v) is 4.85. The van der Waals surface area contributed by atoms with Crippen molar-refractivity contribution in [3.05, 3.63) is 29.8 Å². The summed E-state index contributed by atoms with van der Waals surface area (Å²) >= 11 is 0. The summed E-state index contributed by atoms with van der Waals surface area (Å²) in [6.07, 6.45) is 6.70. The molecule has 0 aromatic carbocycles. The summed E-state index contributed by atoms with van der Waals surface area (Å²) in [7, 11) is 0. The molecule has 3 N–H and O–H groups in total. The zero-order chi connectivity index (χ0) is 11.8. The minimum atomic E-state index is -0.327. The standard InChI is InChI=1S/C12H16FN3O/c13-8-3-7(5-15-6-8)12(16-14)10-4-9-1-2-11(10)17-9/h3,5-6,9-12,16H,1-2,4,14H2. The van der Waals surface area contributed by atoms with Gasteiger partial charge in [-0.25, -0.2) is 4.39 Å². The number of nitrogens with two attached hydrogens (primary N) is 1. The molecule has 17 heavy (non-hydrogen) atoms. The second-order valence-electron chi connectivity index (χ2n) is 4.85. The summed E-state index contributed by atoms with van der Waals surface area (Å²) in [5.74, 6) is 5.61. The molecule has 0 saturated carbocycles. The highest BCUT2D eigenvalue weighted by atomic mass is 19.1. The summed E-state index contributed by atoms with van der Waals surface area (Å²) < 4.78 is 19.0. The van der Waals surface area contributed by atoms with Gasteiger partial charge in [0, 0.05) is 12.1 Å². The van der Waals surface area contributed by atoms with Crippen LogP contribution in [0.3, 0.4) is 0 Å². The summed E-state index contributed by atoms with van der Waals surface area (Å²) in [5, 5.41) is 0. The van der Waals surface area contributed by atoms with Crippen molar-refractivity contribution >= 4 is 0 Å². The van der Waals surface area contributed by atoms with E-state index < -0.39 is 0 Å². The lowest BCUT2D eigenvalue weighted by Gasteiger charge is -2.27. The first kappa shape index (κ1) is 11.1. The van der Waals surface area contributed by atoms with E-state index in [4.69, 9.17) is 10.6 Å². The van der Waals surface area contributed by atoms with Crippen LogP contribution >= 0.6 is 0 Å². The van der Waals surface area contributed by atoms with Crippen LogP contribution in [-0.2, 0) is 4.74 Å². The first-order valence-corrected chi connectivity index (χ1v) is 6.00. The van der Waals surface area contributed by atoms with Crippen LogP contribution in [0, 0.1) is 11.7 Å². The molecule has 0 spiro atoms. The van der Waals surface area contributed by atoms with Crippen LogP contribution in [0.15, 0.2) is 18.5 Å². The molecule has 2 bridgehead atoms. The maximum atomic E-state index is 13.2. The van der Waals surface area contributed by atoms with E-state index in [1.807, 2.05) is 0 Å². The Morgan fingerprint density at radius 3 is 2.94 bits per heavy atom. The van der Waals surface area contributed by atoms with Gasteiger partial charge in [0.2, 0.25) is 0 Å². The normalized spacial score (nSPS) is 32.9. The number of nitrogens with zero attached hydrogens (tertiary/aromatic N) is 1. The van der Waals surface area contributed by atoms with Gasteiger partial charge in [-0.15, -0.1) is 0 Å². The molecular formula is C12H16FN3O. The molecule has 2 saturated heterocycles. The molecule has 1 aromatic rings. The molecular weight excluding hydrogens is 221 g/mol. The third-order valence-corrected chi connectivity index (χ3v) is 3.85. The predicted molar refractivity (Wildman–Crippen MR) is 60.3 cm³/mol. The van der Waals surface area contributed by atoms with Crippen LogP contribution in [0.1, 0.15) is 30.9 Å². The highest BCUT2D eigenvalue weighted by Crippen LogP contribution is 2.44. The van der Waals surface area contributed by atoms with Crippen molar-refractivity contribution < 1.29 is 9.13 Å². The second kappa shape index (κ2) is 4.33. The van der Waals surface area contributed by atoms with E-state index in [9.17, 15) is 4.39 Å². The minimum absolute atomic E-state index is 0.0755. The van der Waals surface area contributed by atoms with Crippen molar-refractivity contribution in [2.24, 2.45) is 11.8 Å². The molecule has 1 aromatic heterocycles. The molecule has 2 fully saturated rings. The smallest absolute Gasteiger partial charge is 0.141 e. The zero-order valence-corrected chi connectivity index (χ0v) is 9.47. The molecule has 2 aliphatic rings. The molecule has 92 valence electrons. The Morgan fingerprint density at radius 2 is 2.35 bits per heavy atom. The zero-order valence-electron chi connectivity index (χ0n) is 9.47. The molecule has 5 heteroatoms. The van der Waals surface area contributed by atoms with E-state index in [-0.39, 0.29) is 18.0 Å². The van der Waals surface area contributed by atoms with Gasteiger partial charge < -0.3 is 4.74 Å². The Kier molecular flexibility index (Phi) is 2.82. The van der Waals surface area contributed by atoms with E-state index in [2.05, 4.69) is 10.4 Å². The summed E-state index contributed by atoms with van der Waals surface area (Å²) in [4.78, 5) is 3.88. The van der Waals surface area contributed by atoms with E-state index in [1.54, 1.807) is 6.20 Å². The third-order valence-electron chi connectivity index (χ3n) is 3.85. The fraction of sp³-hybridized carbons (Fsp3) is 0.583. The molecule has 0 amide bonds. The van der Waals surface area contributed by atoms with Crippen LogP contribution in [0.2, 0.25) is 0 Å². The Labute approximate surface area is 99.3 Å². The van der Waals surface area contributed by atoms with Gasteiger partial charge in [-0.05, 0) is 30.9 Å². The van der Waals surface area contributed by atoms with Crippen molar-refractivity contribution in [3.8, 4) is 0 Å². The molecule has 0 aliphatic carbocycles. The Balaban J connectivity index is 1.84. The first-order chi connectivity index (χ1) is 8.28. The number of hydrazine groups is 1. The number of ether oxygens (including phenoxy) is 1. The van der Waals surface area contributed by atoms with Gasteiger partial charge in [0.25, 0.3) is 0 Å². The van der Waals surface area contributed by atoms with Crippen molar-refractivity contribution in [2.45, 2.75) is 37.5 Å². The van der Waals surface area contributed by atoms with Gasteiger partial charge in [0.05, 0.1) is 24.4 Å². The quantitative estimate of drug-likeness (QED) is 0.614. The van der Waals surface area contributed by atoms with Crippen molar-refractivity contribution in [1.29, 1.82) is 0 Å². The van der Waals surface area contributed by atoms with E-state index in [0.717, 1.165) is 24.8 Å². The highest BCUT2D eigenvalue weighted by Gasteiger charge is 2.44. The van der Waals surface area contributed by atoms with Crippen LogP contribution < -0.4 is 11.3 Å². The molecule has 4 unspecified atom stereocenters. The lowest BCUT2D eigenvalue weighted by Crippen LogP contribution is -2.37. The fourth-order valence-electron chi connectivity index (χ4n) is 3.09. The average Bonchev–Trinajstić information content (AvgIpc) is 2.92. The minimum Gasteiger partial charge on any atom is -0.375 e. The monoisotopic (exact) mass is 237 g/mol. The number of halogens is 1. The van der Waals surface area contributed by atoms with Gasteiger partial charge in [-0.1, -0.05) is 0 Å². The van der Waals surface area contributed by atoms with Gasteiger partial charge in [-0.2, -0.15) is 0 Å². The number of hydrogen-bond acceptors (Lipinski definition) is 4. The SMILES string of the molecule is NNC(c1cncc(F)c1)C1CC2CCC1O2. The number of pyridine rings is 1.